The quantitative estimate of drug-likeness (QED) is 0.560. The number of Topliss-reactive ketones (excluding diaryl/α,β-unsaturated/α-hetero) is 1. The number of allylic oxidation sites excluding steroid dienone is 2. The van der Waals surface area contributed by atoms with Crippen molar-refractivity contribution in [1.82, 2.24) is 15.0 Å². The molecule has 1 aliphatic heterocycles. The number of nitriles is 1. The molecule has 0 radical (unpaired) electrons. The van der Waals surface area contributed by atoms with E-state index in [1.807, 2.05) is 25.1 Å². The van der Waals surface area contributed by atoms with Crippen molar-refractivity contribution in [2.45, 2.75) is 90.3 Å². The summed E-state index contributed by atoms with van der Waals surface area (Å²) in [5.74, 6) is 0.169. The molecule has 1 aliphatic carbocycles. The minimum Gasteiger partial charge on any atom is -0.393 e. The number of aliphatic hydroxyl groups excluding tert-OH is 1. The van der Waals surface area contributed by atoms with E-state index < -0.39 is 5.60 Å². The van der Waals surface area contributed by atoms with Gasteiger partial charge < -0.3 is 14.8 Å². The van der Waals surface area contributed by atoms with Crippen molar-refractivity contribution in [2.75, 3.05) is 6.61 Å². The fraction of sp³-hybridized carbons (Fsp3) is 0.571. The first kappa shape index (κ1) is 25.3. The van der Waals surface area contributed by atoms with Crippen LogP contribution in [0.5, 0.6) is 0 Å². The van der Waals surface area contributed by atoms with E-state index in [0.717, 1.165) is 42.6 Å². The van der Waals surface area contributed by atoms with E-state index in [1.54, 1.807) is 0 Å². The number of aromatic nitrogens is 3. The summed E-state index contributed by atoms with van der Waals surface area (Å²) in [4.78, 5) is 25.0. The van der Waals surface area contributed by atoms with E-state index >= 15 is 0 Å². The van der Waals surface area contributed by atoms with E-state index in [2.05, 4.69) is 43.7 Å². The Morgan fingerprint density at radius 2 is 2.03 bits per heavy atom. The van der Waals surface area contributed by atoms with Crippen molar-refractivity contribution in [3.8, 4) is 6.07 Å². The van der Waals surface area contributed by atoms with Gasteiger partial charge in [-0.2, -0.15) is 5.26 Å². The highest BCUT2D eigenvalue weighted by Gasteiger charge is 2.43. The van der Waals surface area contributed by atoms with Gasteiger partial charge in [0, 0.05) is 18.0 Å². The minimum absolute atomic E-state index is 0.0412. The van der Waals surface area contributed by atoms with Crippen LogP contribution in [0.2, 0.25) is 0 Å². The highest BCUT2D eigenvalue weighted by Crippen LogP contribution is 2.44. The van der Waals surface area contributed by atoms with E-state index in [9.17, 15) is 9.90 Å². The van der Waals surface area contributed by atoms with Gasteiger partial charge >= 0.3 is 0 Å². The Morgan fingerprint density at radius 1 is 1.26 bits per heavy atom. The second-order valence-electron chi connectivity index (χ2n) is 11.8. The van der Waals surface area contributed by atoms with Crippen LogP contribution in [-0.4, -0.2) is 43.7 Å². The Balaban J connectivity index is 1.70. The van der Waals surface area contributed by atoms with Crippen molar-refractivity contribution in [2.24, 2.45) is 5.41 Å². The Kier molecular flexibility index (Phi) is 6.74. The van der Waals surface area contributed by atoms with Crippen LogP contribution in [0.3, 0.4) is 0 Å². The summed E-state index contributed by atoms with van der Waals surface area (Å²) >= 11 is 0. The first-order valence-electron chi connectivity index (χ1n) is 12.4. The number of aromatic amines is 1. The molecule has 2 N–H and O–H groups in total. The Bertz CT molecular complexity index is 1190. The molecule has 1 fully saturated rings. The van der Waals surface area contributed by atoms with Crippen molar-refractivity contribution >= 4 is 11.4 Å². The van der Waals surface area contributed by atoms with E-state index in [0.29, 0.717) is 6.42 Å². The third-order valence-corrected chi connectivity index (χ3v) is 7.28. The predicted molar refractivity (Wildman–Crippen MR) is 134 cm³/mol. The minimum atomic E-state index is -0.616. The van der Waals surface area contributed by atoms with Gasteiger partial charge in [0.15, 0.2) is 5.82 Å². The number of aliphatic hydroxyl groups is 1. The number of carbonyl (C=O) groups excluding carboxylic acids is 1. The third-order valence-electron chi connectivity index (χ3n) is 7.28. The molecular formula is C28H36N4O3. The molecule has 7 nitrogen and oxygen atoms in total. The van der Waals surface area contributed by atoms with Gasteiger partial charge in [0.2, 0.25) is 5.78 Å². The zero-order valence-corrected chi connectivity index (χ0v) is 21.4. The number of carbonyl (C=O) groups is 1. The molecule has 35 heavy (non-hydrogen) atoms. The summed E-state index contributed by atoms with van der Waals surface area (Å²) in [6.07, 6.45) is 8.26. The lowest BCUT2D eigenvalue weighted by Crippen LogP contribution is -2.48. The summed E-state index contributed by atoms with van der Waals surface area (Å²) < 4.78 is 6.20. The second kappa shape index (κ2) is 9.33. The van der Waals surface area contributed by atoms with Gasteiger partial charge in [0.25, 0.3) is 0 Å². The van der Waals surface area contributed by atoms with Gasteiger partial charge in [0.1, 0.15) is 11.8 Å². The normalized spacial score (nSPS) is 25.5. The van der Waals surface area contributed by atoms with Crippen LogP contribution in [0.4, 0.5) is 0 Å². The van der Waals surface area contributed by atoms with Gasteiger partial charge in [-0.3, -0.25) is 9.78 Å². The van der Waals surface area contributed by atoms with Gasteiger partial charge in [-0.15, -0.1) is 0 Å². The first-order valence-corrected chi connectivity index (χ1v) is 12.4. The molecule has 2 unspecified atom stereocenters. The Hall–Kier alpha value is -2.82. The molecular weight excluding hydrogens is 440 g/mol. The molecule has 3 heterocycles. The van der Waals surface area contributed by atoms with Crippen LogP contribution in [0.1, 0.15) is 106 Å². The smallest absolute Gasteiger partial charge is 0.202 e. The molecule has 0 spiro atoms. The Labute approximate surface area is 207 Å². The standard InChI is InChI=1S/C28H36N4O3/c1-26(2)10-8-18(9-11-26)24-19(12-23(34)25-30-16-21(15-29)31-25)6-7-22(32-24)20-13-27(3,4)35-28(5,14-20)17-33/h6-8,16,20,33H,9-14,17H2,1-5H3,(H,30,31). The van der Waals surface area contributed by atoms with E-state index in [4.69, 9.17) is 15.0 Å². The van der Waals surface area contributed by atoms with Crippen LogP contribution >= 0.6 is 0 Å². The number of ketones is 1. The van der Waals surface area contributed by atoms with Crippen molar-refractivity contribution in [1.29, 1.82) is 5.26 Å². The lowest BCUT2D eigenvalue weighted by Gasteiger charge is -2.46. The van der Waals surface area contributed by atoms with Crippen molar-refractivity contribution in [3.63, 3.8) is 0 Å². The molecule has 0 aromatic carbocycles. The number of nitrogens with one attached hydrogen (secondary N) is 1. The molecule has 2 aliphatic rings. The summed E-state index contributed by atoms with van der Waals surface area (Å²) in [6, 6.07) is 6.02. The highest BCUT2D eigenvalue weighted by molar-refractivity contribution is 5.95. The van der Waals surface area contributed by atoms with Gasteiger partial charge in [-0.05, 0) is 75.5 Å². The number of hydrogen-bond donors (Lipinski definition) is 2. The average Bonchev–Trinajstić information content (AvgIpc) is 3.28. The second-order valence-corrected chi connectivity index (χ2v) is 11.8. The number of imidazole rings is 1. The number of H-pyrrole nitrogens is 1. The molecule has 0 bridgehead atoms. The van der Waals surface area contributed by atoms with Crippen molar-refractivity contribution < 1.29 is 14.6 Å². The van der Waals surface area contributed by atoms with E-state index in [1.165, 1.54) is 11.8 Å². The van der Waals surface area contributed by atoms with Crippen LogP contribution in [0.25, 0.3) is 5.57 Å². The topological polar surface area (TPSA) is 112 Å². The maximum absolute atomic E-state index is 13.0. The molecule has 7 heteroatoms. The maximum atomic E-state index is 13.0. The lowest BCUT2D eigenvalue weighted by atomic mass is 9.76. The molecule has 0 saturated carbocycles. The van der Waals surface area contributed by atoms with Crippen LogP contribution in [0, 0.1) is 16.7 Å². The van der Waals surface area contributed by atoms with Gasteiger partial charge in [0.05, 0.1) is 29.7 Å². The SMILES string of the molecule is CC1(C)CC=C(c2nc(C3CC(C)(C)OC(C)(CO)C3)ccc2CC(=O)c2ncc(C#N)[nH]2)CC1. The molecule has 0 amide bonds. The average molecular weight is 477 g/mol. The largest absolute Gasteiger partial charge is 0.393 e. The van der Waals surface area contributed by atoms with Crippen molar-refractivity contribution in [3.05, 3.63) is 52.9 Å². The molecule has 4 rings (SSSR count). The molecule has 2 aromatic heterocycles. The molecule has 2 atom stereocenters. The number of nitrogens with zero attached hydrogens (tertiary/aromatic N) is 3. The zero-order valence-electron chi connectivity index (χ0n) is 21.4. The zero-order chi connectivity index (χ0) is 25.4. The highest BCUT2D eigenvalue weighted by atomic mass is 16.5. The van der Waals surface area contributed by atoms with Gasteiger partial charge in [-0.1, -0.05) is 26.0 Å². The third kappa shape index (κ3) is 5.71. The first-order chi connectivity index (χ1) is 16.4. The van der Waals surface area contributed by atoms with E-state index in [-0.39, 0.29) is 47.3 Å². The number of ether oxygens (including phenoxy) is 1. The number of pyridine rings is 1. The number of rotatable bonds is 6. The number of hydrogen-bond acceptors (Lipinski definition) is 6. The molecule has 186 valence electrons. The fourth-order valence-corrected chi connectivity index (χ4v) is 5.46. The van der Waals surface area contributed by atoms with Crippen LogP contribution < -0.4 is 0 Å². The Morgan fingerprint density at radius 3 is 2.66 bits per heavy atom. The van der Waals surface area contributed by atoms with Crippen LogP contribution in [-0.2, 0) is 11.2 Å². The fourth-order valence-electron chi connectivity index (χ4n) is 5.46. The lowest BCUT2D eigenvalue weighted by molar-refractivity contribution is -0.187. The van der Waals surface area contributed by atoms with Gasteiger partial charge in [-0.25, -0.2) is 4.98 Å². The molecule has 2 aromatic rings. The summed E-state index contributed by atoms with van der Waals surface area (Å²) in [7, 11) is 0. The monoisotopic (exact) mass is 476 g/mol. The summed E-state index contributed by atoms with van der Waals surface area (Å²) in [6.45, 7) is 10.6. The maximum Gasteiger partial charge on any atom is 0.202 e. The summed E-state index contributed by atoms with van der Waals surface area (Å²) in [5, 5.41) is 19.1. The molecule has 1 saturated heterocycles. The van der Waals surface area contributed by atoms with Crippen LogP contribution in [0.15, 0.2) is 24.4 Å². The summed E-state index contributed by atoms with van der Waals surface area (Å²) in [5.41, 5.74) is 3.45. The predicted octanol–water partition coefficient (Wildman–Crippen LogP) is 5.12.